The molecule has 5 heteroatoms. The van der Waals surface area contributed by atoms with Gasteiger partial charge in [-0.15, -0.1) is 0 Å². The Morgan fingerprint density at radius 1 is 1.44 bits per heavy atom. The van der Waals surface area contributed by atoms with E-state index in [4.69, 9.17) is 0 Å². The highest BCUT2D eigenvalue weighted by atomic mass is 32.1. The van der Waals surface area contributed by atoms with Crippen molar-refractivity contribution in [2.45, 2.75) is 39.3 Å². The summed E-state index contributed by atoms with van der Waals surface area (Å²) in [5.41, 5.74) is 0.967. The fourth-order valence-corrected chi connectivity index (χ4v) is 3.69. The van der Waals surface area contributed by atoms with Crippen molar-refractivity contribution in [1.29, 1.82) is 0 Å². The highest BCUT2D eigenvalue weighted by molar-refractivity contribution is 7.15. The SMILES string of the molecule is Cc1nc(N2CCCN(C)CC2C)sc1C(C)O. The highest BCUT2D eigenvalue weighted by Gasteiger charge is 2.23. The molecular formula is C13H23N3OS. The van der Waals surface area contributed by atoms with E-state index >= 15 is 0 Å². The van der Waals surface area contributed by atoms with Crippen LogP contribution in [0.4, 0.5) is 5.13 Å². The van der Waals surface area contributed by atoms with Crippen molar-refractivity contribution in [1.82, 2.24) is 9.88 Å². The number of rotatable bonds is 2. The Hall–Kier alpha value is -0.650. The van der Waals surface area contributed by atoms with Crippen molar-refractivity contribution >= 4 is 16.5 Å². The number of aryl methyl sites for hydroxylation is 1. The fourth-order valence-electron chi connectivity index (χ4n) is 2.56. The van der Waals surface area contributed by atoms with Crippen molar-refractivity contribution in [3.8, 4) is 0 Å². The lowest BCUT2D eigenvalue weighted by molar-refractivity contribution is 0.202. The van der Waals surface area contributed by atoms with Gasteiger partial charge in [0, 0.05) is 19.1 Å². The van der Waals surface area contributed by atoms with Crippen molar-refractivity contribution in [3.05, 3.63) is 10.6 Å². The standard InChI is InChI=1S/C13H23N3OS/c1-9-8-15(4)6-5-7-16(9)13-14-10(2)12(18-13)11(3)17/h9,11,17H,5-8H2,1-4H3. The van der Waals surface area contributed by atoms with Crippen LogP contribution in [0, 0.1) is 6.92 Å². The molecule has 0 bridgehead atoms. The van der Waals surface area contributed by atoms with E-state index in [0.717, 1.165) is 35.3 Å². The van der Waals surface area contributed by atoms with Crippen LogP contribution in [0.5, 0.6) is 0 Å². The Kier molecular flexibility index (Phi) is 4.25. The van der Waals surface area contributed by atoms with Gasteiger partial charge in [0.2, 0.25) is 0 Å². The van der Waals surface area contributed by atoms with E-state index in [1.54, 1.807) is 11.3 Å². The maximum Gasteiger partial charge on any atom is 0.186 e. The third kappa shape index (κ3) is 2.84. The van der Waals surface area contributed by atoms with Gasteiger partial charge in [-0.3, -0.25) is 0 Å². The van der Waals surface area contributed by atoms with Crippen molar-refractivity contribution < 1.29 is 5.11 Å². The molecular weight excluding hydrogens is 246 g/mol. The van der Waals surface area contributed by atoms with Gasteiger partial charge in [0.25, 0.3) is 0 Å². The lowest BCUT2D eigenvalue weighted by Gasteiger charge is -2.27. The van der Waals surface area contributed by atoms with Gasteiger partial charge in [-0.1, -0.05) is 11.3 Å². The van der Waals surface area contributed by atoms with E-state index in [1.807, 2.05) is 13.8 Å². The minimum atomic E-state index is -0.416. The molecule has 0 radical (unpaired) electrons. The summed E-state index contributed by atoms with van der Waals surface area (Å²) >= 11 is 1.63. The second-order valence-corrected chi connectivity index (χ2v) is 6.29. The Bertz CT molecular complexity index is 405. The third-order valence-corrected chi connectivity index (χ3v) is 4.86. The summed E-state index contributed by atoms with van der Waals surface area (Å²) in [7, 11) is 2.17. The van der Waals surface area contributed by atoms with Crippen LogP contribution in [0.2, 0.25) is 0 Å². The molecule has 18 heavy (non-hydrogen) atoms. The number of likely N-dealkylation sites (N-methyl/N-ethyl adjacent to an activating group) is 1. The number of thiazole rings is 1. The second kappa shape index (κ2) is 5.55. The summed E-state index contributed by atoms with van der Waals surface area (Å²) in [5, 5.41) is 10.8. The van der Waals surface area contributed by atoms with E-state index < -0.39 is 6.10 Å². The molecule has 1 aliphatic rings. The number of aromatic nitrogens is 1. The summed E-state index contributed by atoms with van der Waals surface area (Å²) in [4.78, 5) is 10.4. The maximum absolute atomic E-state index is 9.72. The van der Waals surface area contributed by atoms with Crippen molar-refractivity contribution in [2.24, 2.45) is 0 Å². The Morgan fingerprint density at radius 2 is 2.17 bits per heavy atom. The van der Waals surface area contributed by atoms with Crippen LogP contribution in [0.1, 0.15) is 36.9 Å². The monoisotopic (exact) mass is 269 g/mol. The molecule has 0 spiro atoms. The number of nitrogens with zero attached hydrogens (tertiary/aromatic N) is 3. The first-order valence-corrected chi connectivity index (χ1v) is 7.41. The number of aliphatic hydroxyl groups is 1. The first kappa shape index (κ1) is 13.8. The highest BCUT2D eigenvalue weighted by Crippen LogP contribution is 2.32. The molecule has 1 aromatic heterocycles. The van der Waals surface area contributed by atoms with Crippen LogP contribution in [0.25, 0.3) is 0 Å². The molecule has 2 atom stereocenters. The molecule has 2 heterocycles. The van der Waals surface area contributed by atoms with E-state index in [2.05, 4.69) is 28.8 Å². The van der Waals surface area contributed by atoms with Crippen LogP contribution in [0.3, 0.4) is 0 Å². The molecule has 1 aliphatic heterocycles. The van der Waals surface area contributed by atoms with E-state index in [9.17, 15) is 5.11 Å². The molecule has 1 saturated heterocycles. The molecule has 0 aliphatic carbocycles. The Morgan fingerprint density at radius 3 is 2.78 bits per heavy atom. The quantitative estimate of drug-likeness (QED) is 0.892. The average Bonchev–Trinajstić information content (AvgIpc) is 2.57. The van der Waals surface area contributed by atoms with Crippen LogP contribution >= 0.6 is 11.3 Å². The lowest BCUT2D eigenvalue weighted by Crippen LogP contribution is -2.37. The van der Waals surface area contributed by atoms with E-state index in [1.165, 1.54) is 6.42 Å². The van der Waals surface area contributed by atoms with Gasteiger partial charge in [-0.05, 0) is 40.8 Å². The third-order valence-electron chi connectivity index (χ3n) is 3.49. The van der Waals surface area contributed by atoms with Crippen molar-refractivity contribution in [2.75, 3.05) is 31.6 Å². The van der Waals surface area contributed by atoms with Gasteiger partial charge in [-0.25, -0.2) is 4.98 Å². The lowest BCUT2D eigenvalue weighted by atomic mass is 10.3. The molecule has 1 aromatic rings. The summed E-state index contributed by atoms with van der Waals surface area (Å²) < 4.78 is 0. The molecule has 0 saturated carbocycles. The van der Waals surface area contributed by atoms with Gasteiger partial charge in [0.1, 0.15) is 0 Å². The minimum absolute atomic E-state index is 0.416. The number of hydrogen-bond acceptors (Lipinski definition) is 5. The normalized spacial score (nSPS) is 24.1. The summed E-state index contributed by atoms with van der Waals surface area (Å²) in [6.45, 7) is 9.32. The molecule has 2 unspecified atom stereocenters. The average molecular weight is 269 g/mol. The molecule has 1 N–H and O–H groups in total. The fraction of sp³-hybridized carbons (Fsp3) is 0.769. The molecule has 4 nitrogen and oxygen atoms in total. The van der Waals surface area contributed by atoms with E-state index in [-0.39, 0.29) is 0 Å². The van der Waals surface area contributed by atoms with Crippen molar-refractivity contribution in [3.63, 3.8) is 0 Å². The zero-order valence-electron chi connectivity index (χ0n) is 11.7. The molecule has 0 amide bonds. The zero-order valence-corrected chi connectivity index (χ0v) is 12.5. The largest absolute Gasteiger partial charge is 0.388 e. The zero-order chi connectivity index (χ0) is 13.3. The van der Waals surface area contributed by atoms with Gasteiger partial charge in [-0.2, -0.15) is 0 Å². The first-order valence-electron chi connectivity index (χ1n) is 6.59. The van der Waals surface area contributed by atoms with E-state index in [0.29, 0.717) is 6.04 Å². The second-order valence-electron chi connectivity index (χ2n) is 5.28. The summed E-state index contributed by atoms with van der Waals surface area (Å²) in [5.74, 6) is 0. The topological polar surface area (TPSA) is 39.6 Å². The van der Waals surface area contributed by atoms with Gasteiger partial charge in [0.15, 0.2) is 5.13 Å². The number of aliphatic hydroxyl groups excluding tert-OH is 1. The summed E-state index contributed by atoms with van der Waals surface area (Å²) in [6, 6.07) is 0.477. The van der Waals surface area contributed by atoms with Gasteiger partial charge in [0.05, 0.1) is 16.7 Å². The smallest absolute Gasteiger partial charge is 0.186 e. The maximum atomic E-state index is 9.72. The van der Waals surface area contributed by atoms with Crippen LogP contribution in [-0.2, 0) is 0 Å². The first-order chi connectivity index (χ1) is 8.49. The molecule has 1 fully saturated rings. The number of anilines is 1. The number of hydrogen-bond donors (Lipinski definition) is 1. The predicted molar refractivity (Wildman–Crippen MR) is 76.4 cm³/mol. The Labute approximate surface area is 113 Å². The molecule has 102 valence electrons. The van der Waals surface area contributed by atoms with Gasteiger partial charge >= 0.3 is 0 Å². The van der Waals surface area contributed by atoms with Crippen LogP contribution < -0.4 is 4.90 Å². The summed E-state index contributed by atoms with van der Waals surface area (Å²) in [6.07, 6.45) is 0.755. The van der Waals surface area contributed by atoms with Crippen LogP contribution in [-0.4, -0.2) is 47.7 Å². The molecule has 2 rings (SSSR count). The van der Waals surface area contributed by atoms with Gasteiger partial charge < -0.3 is 14.9 Å². The Balaban J connectivity index is 2.22. The minimum Gasteiger partial charge on any atom is -0.388 e. The predicted octanol–water partition coefficient (Wildman–Crippen LogP) is 2.04. The molecule has 0 aromatic carbocycles. The van der Waals surface area contributed by atoms with Crippen LogP contribution in [0.15, 0.2) is 0 Å².